The molecule has 0 radical (unpaired) electrons. The average molecular weight is 445 g/mol. The van der Waals surface area contributed by atoms with Gasteiger partial charge < -0.3 is 18.9 Å². The van der Waals surface area contributed by atoms with Crippen molar-refractivity contribution in [2.24, 2.45) is 7.05 Å². The smallest absolute Gasteiger partial charge is 0.308 e. The number of hydrogen-bond donors (Lipinski definition) is 0. The number of pyridine rings is 1. The molecule has 2 aromatic heterocycles. The number of ether oxygens (including phenoxy) is 4. The van der Waals surface area contributed by atoms with Gasteiger partial charge in [0.15, 0.2) is 6.29 Å². The largest absolute Gasteiger partial charge is 0.469 e. The summed E-state index contributed by atoms with van der Waals surface area (Å²) in [5, 5.41) is 8.56. The van der Waals surface area contributed by atoms with Crippen molar-refractivity contribution in [2.75, 3.05) is 20.3 Å². The summed E-state index contributed by atoms with van der Waals surface area (Å²) in [5.41, 5.74) is 4.58. The second-order valence-electron chi connectivity index (χ2n) is 8.37. The van der Waals surface area contributed by atoms with Crippen molar-refractivity contribution < 1.29 is 23.7 Å². The van der Waals surface area contributed by atoms with Crippen LogP contribution in [0.3, 0.4) is 0 Å². The lowest BCUT2D eigenvalue weighted by molar-refractivity contribution is -0.169. The number of carbonyl (C=O) groups excluding carboxylic acids is 1. The van der Waals surface area contributed by atoms with Crippen LogP contribution in [0.15, 0.2) is 12.1 Å². The number of hydrogen-bond acceptors (Lipinski definition) is 8. The molecule has 2 fully saturated rings. The predicted octanol–water partition coefficient (Wildman–Crippen LogP) is 2.92. The fourth-order valence-corrected chi connectivity index (χ4v) is 4.38. The molecule has 0 aromatic carbocycles. The number of aromatic nitrogens is 4. The Morgan fingerprint density at radius 1 is 1.28 bits per heavy atom. The van der Waals surface area contributed by atoms with E-state index in [0.717, 1.165) is 61.5 Å². The second kappa shape index (κ2) is 10.5. The molecule has 3 atom stereocenters. The Kier molecular flexibility index (Phi) is 7.49. The van der Waals surface area contributed by atoms with E-state index in [1.807, 2.05) is 13.1 Å². The third kappa shape index (κ3) is 5.16. The zero-order chi connectivity index (χ0) is 22.5. The molecule has 0 bridgehead atoms. The van der Waals surface area contributed by atoms with E-state index in [0.29, 0.717) is 13.2 Å². The summed E-state index contributed by atoms with van der Waals surface area (Å²) in [4.78, 5) is 16.5. The van der Waals surface area contributed by atoms with Crippen LogP contribution < -0.4 is 0 Å². The summed E-state index contributed by atoms with van der Waals surface area (Å²) in [6, 6.07) is 4.10. The molecule has 0 N–H and O–H groups in total. The van der Waals surface area contributed by atoms with Crippen molar-refractivity contribution in [3.63, 3.8) is 0 Å². The summed E-state index contributed by atoms with van der Waals surface area (Å²) < 4.78 is 24.0. The number of aryl methyl sites for hydroxylation is 2. The lowest BCUT2D eigenvalue weighted by Crippen LogP contribution is -2.22. The molecule has 2 aliphatic heterocycles. The van der Waals surface area contributed by atoms with Gasteiger partial charge in [0.2, 0.25) is 0 Å². The molecular formula is C23H32N4O5. The minimum absolute atomic E-state index is 0.109. The van der Waals surface area contributed by atoms with E-state index in [2.05, 4.69) is 23.3 Å². The summed E-state index contributed by atoms with van der Waals surface area (Å²) in [6.45, 7) is 3.80. The van der Waals surface area contributed by atoms with E-state index in [-0.39, 0.29) is 30.7 Å². The number of nitrogens with zero attached hydrogens (tertiary/aromatic N) is 4. The van der Waals surface area contributed by atoms with Crippen LogP contribution in [0.5, 0.6) is 0 Å². The maximum Gasteiger partial charge on any atom is 0.308 e. The fraction of sp³-hybridized carbons (Fsp3) is 0.652. The molecule has 174 valence electrons. The molecule has 0 amide bonds. The standard InChI is InChI=1S/C23H32N4O5/c1-4-18-17(15-11-16(31-13-15)12-21(28)29-3)8-9-19(24-18)23-20(27(2)26-25-23)14-32-22-7-5-6-10-30-22/h8-9,15-16,22H,4-7,10-14H2,1-3H3. The highest BCUT2D eigenvalue weighted by Gasteiger charge is 2.30. The fourth-order valence-electron chi connectivity index (χ4n) is 4.38. The lowest BCUT2D eigenvalue weighted by atomic mass is 9.92. The summed E-state index contributed by atoms with van der Waals surface area (Å²) in [6.07, 6.45) is 4.70. The Labute approximate surface area is 188 Å². The van der Waals surface area contributed by atoms with Crippen molar-refractivity contribution in [3.8, 4) is 11.4 Å². The van der Waals surface area contributed by atoms with Gasteiger partial charge in [-0.1, -0.05) is 18.2 Å². The van der Waals surface area contributed by atoms with Gasteiger partial charge in [0, 0.05) is 25.3 Å². The third-order valence-corrected chi connectivity index (χ3v) is 6.22. The van der Waals surface area contributed by atoms with Gasteiger partial charge in [-0.25, -0.2) is 4.68 Å². The molecule has 32 heavy (non-hydrogen) atoms. The number of esters is 1. The SMILES string of the molecule is CCc1nc(-c2nnn(C)c2COC2CCCCO2)ccc1C1COC(CC(=O)OC)C1. The maximum atomic E-state index is 11.6. The first-order valence-corrected chi connectivity index (χ1v) is 11.4. The van der Waals surface area contributed by atoms with Crippen LogP contribution in [0.2, 0.25) is 0 Å². The van der Waals surface area contributed by atoms with Gasteiger partial charge >= 0.3 is 5.97 Å². The van der Waals surface area contributed by atoms with E-state index >= 15 is 0 Å². The molecule has 2 aromatic rings. The van der Waals surface area contributed by atoms with E-state index in [1.165, 1.54) is 12.7 Å². The zero-order valence-electron chi connectivity index (χ0n) is 19.1. The zero-order valence-corrected chi connectivity index (χ0v) is 19.1. The summed E-state index contributed by atoms with van der Waals surface area (Å²) in [5.74, 6) is -0.0230. The van der Waals surface area contributed by atoms with Crippen molar-refractivity contribution in [3.05, 3.63) is 29.1 Å². The third-order valence-electron chi connectivity index (χ3n) is 6.22. The van der Waals surface area contributed by atoms with Crippen LogP contribution in [-0.2, 0) is 43.8 Å². The highest BCUT2D eigenvalue weighted by molar-refractivity contribution is 5.69. The minimum atomic E-state index is -0.240. The summed E-state index contributed by atoms with van der Waals surface area (Å²) >= 11 is 0. The predicted molar refractivity (Wildman–Crippen MR) is 116 cm³/mol. The molecule has 4 heterocycles. The normalized spacial score (nSPS) is 23.4. The van der Waals surface area contributed by atoms with E-state index in [4.69, 9.17) is 23.9 Å². The number of carbonyl (C=O) groups is 1. The Bertz CT molecular complexity index is 925. The first-order valence-electron chi connectivity index (χ1n) is 11.4. The van der Waals surface area contributed by atoms with Crippen molar-refractivity contribution in [2.45, 2.75) is 70.4 Å². The highest BCUT2D eigenvalue weighted by Crippen LogP contribution is 2.34. The highest BCUT2D eigenvalue weighted by atomic mass is 16.7. The first-order chi connectivity index (χ1) is 15.6. The van der Waals surface area contributed by atoms with Crippen LogP contribution >= 0.6 is 0 Å². The molecule has 9 nitrogen and oxygen atoms in total. The van der Waals surface area contributed by atoms with Crippen LogP contribution in [0.1, 0.15) is 61.9 Å². The Hall–Kier alpha value is -2.36. The Morgan fingerprint density at radius 3 is 2.91 bits per heavy atom. The molecule has 4 rings (SSSR count). The molecule has 2 aliphatic rings. The monoisotopic (exact) mass is 444 g/mol. The lowest BCUT2D eigenvalue weighted by Gasteiger charge is -2.22. The van der Waals surface area contributed by atoms with Crippen molar-refractivity contribution in [1.82, 2.24) is 20.0 Å². The van der Waals surface area contributed by atoms with Gasteiger partial charge in [-0.2, -0.15) is 0 Å². The molecule has 0 saturated carbocycles. The second-order valence-corrected chi connectivity index (χ2v) is 8.37. The molecule has 9 heteroatoms. The molecule has 2 saturated heterocycles. The van der Waals surface area contributed by atoms with Crippen molar-refractivity contribution in [1.29, 1.82) is 0 Å². The van der Waals surface area contributed by atoms with Crippen LogP contribution in [-0.4, -0.2) is 58.7 Å². The van der Waals surface area contributed by atoms with Gasteiger partial charge in [-0.15, -0.1) is 5.10 Å². The first kappa shape index (κ1) is 22.8. The number of methoxy groups -OCH3 is 1. The van der Waals surface area contributed by atoms with Gasteiger partial charge in [0.1, 0.15) is 5.69 Å². The van der Waals surface area contributed by atoms with E-state index < -0.39 is 0 Å². The van der Waals surface area contributed by atoms with Gasteiger partial charge in [-0.3, -0.25) is 9.78 Å². The molecular weight excluding hydrogens is 412 g/mol. The molecule has 0 aliphatic carbocycles. The molecule has 0 spiro atoms. The summed E-state index contributed by atoms with van der Waals surface area (Å²) in [7, 11) is 3.27. The van der Waals surface area contributed by atoms with Gasteiger partial charge in [0.25, 0.3) is 0 Å². The quantitative estimate of drug-likeness (QED) is 0.573. The molecule has 3 unspecified atom stereocenters. The van der Waals surface area contributed by atoms with Crippen LogP contribution in [0.25, 0.3) is 11.4 Å². The van der Waals surface area contributed by atoms with E-state index in [1.54, 1.807) is 4.68 Å². The topological polar surface area (TPSA) is 97.6 Å². The van der Waals surface area contributed by atoms with E-state index in [9.17, 15) is 4.79 Å². The average Bonchev–Trinajstić information content (AvgIpc) is 3.44. The van der Waals surface area contributed by atoms with Gasteiger partial charge in [0.05, 0.1) is 44.2 Å². The van der Waals surface area contributed by atoms with Gasteiger partial charge in [-0.05, 0) is 43.7 Å². The Balaban J connectivity index is 1.49. The van der Waals surface area contributed by atoms with Crippen molar-refractivity contribution >= 4 is 5.97 Å². The number of rotatable bonds is 8. The van der Waals surface area contributed by atoms with Crippen LogP contribution in [0.4, 0.5) is 0 Å². The van der Waals surface area contributed by atoms with Crippen LogP contribution in [0, 0.1) is 0 Å². The maximum absolute atomic E-state index is 11.6. The Morgan fingerprint density at radius 2 is 2.16 bits per heavy atom. The minimum Gasteiger partial charge on any atom is -0.469 e.